The smallest absolute Gasteiger partial charge is 0.245 e. The Bertz CT molecular complexity index is 861. The fourth-order valence-corrected chi connectivity index (χ4v) is 4.01. The Morgan fingerprint density at radius 3 is 2.63 bits per heavy atom. The highest BCUT2D eigenvalue weighted by molar-refractivity contribution is 7.10. The average molecular weight is 385 g/mol. The van der Waals surface area contributed by atoms with E-state index in [1.54, 1.807) is 19.0 Å². The summed E-state index contributed by atoms with van der Waals surface area (Å²) in [6.07, 6.45) is 0.762. The Morgan fingerprint density at radius 1 is 1.22 bits per heavy atom. The number of fused-ring (bicyclic) bond motifs is 1. The fraction of sp³-hybridized carbons (Fsp3) is 0.350. The predicted octanol–water partition coefficient (Wildman–Crippen LogP) is 2.29. The number of anilines is 1. The van der Waals surface area contributed by atoms with Crippen molar-refractivity contribution in [3.05, 3.63) is 51.7 Å². The van der Waals surface area contributed by atoms with Crippen molar-refractivity contribution in [2.45, 2.75) is 32.4 Å². The molecule has 0 bridgehead atoms. The third-order valence-electron chi connectivity index (χ3n) is 4.61. The zero-order valence-electron chi connectivity index (χ0n) is 15.7. The second-order valence-electron chi connectivity index (χ2n) is 6.90. The van der Waals surface area contributed by atoms with E-state index in [0.29, 0.717) is 18.7 Å². The first-order valence-electron chi connectivity index (χ1n) is 8.77. The van der Waals surface area contributed by atoms with E-state index in [4.69, 9.17) is 0 Å². The van der Waals surface area contributed by atoms with Crippen LogP contribution in [0.1, 0.15) is 22.9 Å². The van der Waals surface area contributed by atoms with Gasteiger partial charge in [-0.25, -0.2) is 0 Å². The Morgan fingerprint density at radius 2 is 2.00 bits per heavy atom. The maximum Gasteiger partial charge on any atom is 0.245 e. The Balaban J connectivity index is 1.90. The number of nitrogens with zero attached hydrogens (tertiary/aromatic N) is 2. The van der Waals surface area contributed by atoms with Crippen molar-refractivity contribution in [2.75, 3.05) is 19.4 Å². The molecule has 0 aliphatic carbocycles. The number of rotatable bonds is 4. The third-order valence-corrected chi connectivity index (χ3v) is 5.48. The van der Waals surface area contributed by atoms with Gasteiger partial charge in [0.15, 0.2) is 0 Å². The van der Waals surface area contributed by atoms with Crippen molar-refractivity contribution in [3.63, 3.8) is 0 Å². The van der Waals surface area contributed by atoms with Gasteiger partial charge >= 0.3 is 0 Å². The molecular formula is C20H23N3O3S. The minimum atomic E-state index is -0.508. The number of carbonyl (C=O) groups is 3. The molecule has 0 spiro atoms. The van der Waals surface area contributed by atoms with Gasteiger partial charge in [0.1, 0.15) is 6.04 Å². The van der Waals surface area contributed by atoms with Gasteiger partial charge in [-0.2, -0.15) is 0 Å². The van der Waals surface area contributed by atoms with E-state index in [9.17, 15) is 14.4 Å². The van der Waals surface area contributed by atoms with Gasteiger partial charge in [-0.1, -0.05) is 12.1 Å². The number of hydrogen-bond donors (Lipinski definition) is 1. The average Bonchev–Trinajstić information content (AvgIpc) is 3.12. The summed E-state index contributed by atoms with van der Waals surface area (Å²) in [5.41, 5.74) is 2.69. The molecule has 27 heavy (non-hydrogen) atoms. The van der Waals surface area contributed by atoms with Crippen LogP contribution in [0.5, 0.6) is 0 Å². The molecule has 1 aliphatic rings. The molecular weight excluding hydrogens is 362 g/mol. The summed E-state index contributed by atoms with van der Waals surface area (Å²) >= 11 is 1.54. The van der Waals surface area contributed by atoms with Crippen molar-refractivity contribution in [2.24, 2.45) is 0 Å². The summed E-state index contributed by atoms with van der Waals surface area (Å²) < 4.78 is 0. The van der Waals surface area contributed by atoms with Crippen molar-refractivity contribution in [3.8, 4) is 0 Å². The van der Waals surface area contributed by atoms with Crippen molar-refractivity contribution >= 4 is 34.7 Å². The molecule has 1 aliphatic heterocycles. The number of amides is 3. The first kappa shape index (κ1) is 19.1. The first-order valence-corrected chi connectivity index (χ1v) is 9.65. The predicted molar refractivity (Wildman–Crippen MR) is 106 cm³/mol. The molecule has 2 aromatic rings. The lowest BCUT2D eigenvalue weighted by atomic mass is 9.92. The highest BCUT2D eigenvalue weighted by atomic mass is 32.1. The Labute approximate surface area is 162 Å². The minimum Gasteiger partial charge on any atom is -0.347 e. The molecule has 142 valence electrons. The molecule has 3 amide bonds. The van der Waals surface area contributed by atoms with E-state index in [1.165, 1.54) is 23.2 Å². The van der Waals surface area contributed by atoms with Gasteiger partial charge < -0.3 is 15.1 Å². The monoisotopic (exact) mass is 385 g/mol. The van der Waals surface area contributed by atoms with Crippen LogP contribution in [-0.4, -0.2) is 47.7 Å². The number of hydrogen-bond acceptors (Lipinski definition) is 4. The summed E-state index contributed by atoms with van der Waals surface area (Å²) in [4.78, 5) is 41.2. The summed E-state index contributed by atoms with van der Waals surface area (Å²) in [6.45, 7) is 1.82. The molecule has 2 heterocycles. The second-order valence-corrected chi connectivity index (χ2v) is 7.93. The largest absolute Gasteiger partial charge is 0.347 e. The molecule has 0 fully saturated rings. The highest BCUT2D eigenvalue weighted by Gasteiger charge is 2.35. The van der Waals surface area contributed by atoms with Crippen LogP contribution in [0.4, 0.5) is 5.69 Å². The molecule has 7 heteroatoms. The van der Waals surface area contributed by atoms with Crippen molar-refractivity contribution < 1.29 is 14.4 Å². The molecule has 1 aromatic heterocycles. The van der Waals surface area contributed by atoms with Gasteiger partial charge in [-0.15, -0.1) is 11.3 Å². The van der Waals surface area contributed by atoms with Crippen molar-refractivity contribution in [1.29, 1.82) is 0 Å². The number of carbonyl (C=O) groups excluding carboxylic acids is 3. The molecule has 6 nitrogen and oxygen atoms in total. The molecule has 0 unspecified atom stereocenters. The van der Waals surface area contributed by atoms with Crippen LogP contribution >= 0.6 is 11.3 Å². The molecule has 3 rings (SSSR count). The molecule has 1 aromatic carbocycles. The highest BCUT2D eigenvalue weighted by Crippen LogP contribution is 2.28. The van der Waals surface area contributed by atoms with E-state index in [0.717, 1.165) is 16.0 Å². The molecule has 1 N–H and O–H groups in total. The van der Waals surface area contributed by atoms with Gasteiger partial charge in [0.25, 0.3) is 0 Å². The lowest BCUT2D eigenvalue weighted by molar-refractivity contribution is -0.145. The number of likely N-dealkylation sites (N-methyl/N-ethyl adjacent to an activating group) is 1. The van der Waals surface area contributed by atoms with Crippen LogP contribution < -0.4 is 5.32 Å². The van der Waals surface area contributed by atoms with Crippen molar-refractivity contribution in [1.82, 2.24) is 9.80 Å². The van der Waals surface area contributed by atoms with Crippen LogP contribution in [0, 0.1) is 0 Å². The normalized spacial score (nSPS) is 15.8. The third kappa shape index (κ3) is 4.36. The van der Waals surface area contributed by atoms with E-state index < -0.39 is 6.04 Å². The topological polar surface area (TPSA) is 69.7 Å². The van der Waals surface area contributed by atoms with Crippen LogP contribution in [0.2, 0.25) is 0 Å². The molecule has 0 saturated heterocycles. The van der Waals surface area contributed by atoms with Gasteiger partial charge in [-0.05, 0) is 34.7 Å². The summed E-state index contributed by atoms with van der Waals surface area (Å²) in [5.74, 6) is -0.281. The minimum absolute atomic E-state index is 0.0618. The SMILES string of the molecule is CC(=O)Nc1ccc2c(c1)CN(C(=O)Cc1cccs1)[C@@H](C(=O)N(C)C)C2. The van der Waals surface area contributed by atoms with Crippen LogP contribution in [-0.2, 0) is 33.8 Å². The first-order chi connectivity index (χ1) is 12.8. The standard InChI is InChI=1S/C20H23N3O3S/c1-13(24)21-16-7-6-14-10-18(20(26)22(2)3)23(12-15(14)9-16)19(25)11-17-5-4-8-27-17/h4-9,18H,10-12H2,1-3H3,(H,21,24)/t18-/m1/s1. The van der Waals surface area contributed by atoms with E-state index >= 15 is 0 Å². The lowest BCUT2D eigenvalue weighted by Gasteiger charge is -2.37. The van der Waals surface area contributed by atoms with Gasteiger partial charge in [0.2, 0.25) is 17.7 Å². The lowest BCUT2D eigenvalue weighted by Crippen LogP contribution is -2.52. The van der Waals surface area contributed by atoms with E-state index in [-0.39, 0.29) is 24.1 Å². The Hall–Kier alpha value is -2.67. The maximum atomic E-state index is 13.0. The van der Waals surface area contributed by atoms with Gasteiger partial charge in [-0.3, -0.25) is 14.4 Å². The summed E-state index contributed by atoms with van der Waals surface area (Å²) in [7, 11) is 3.42. The quantitative estimate of drug-likeness (QED) is 0.878. The number of thiophene rings is 1. The zero-order chi connectivity index (χ0) is 19.6. The number of nitrogens with one attached hydrogen (secondary N) is 1. The van der Waals surface area contributed by atoms with E-state index in [2.05, 4.69) is 5.32 Å². The Kier molecular flexibility index (Phi) is 5.60. The molecule has 0 saturated carbocycles. The number of benzene rings is 1. The second kappa shape index (κ2) is 7.92. The van der Waals surface area contributed by atoms with E-state index in [1.807, 2.05) is 35.7 Å². The van der Waals surface area contributed by atoms with Crippen LogP contribution in [0.3, 0.4) is 0 Å². The molecule has 1 atom stereocenters. The molecule has 0 radical (unpaired) electrons. The fourth-order valence-electron chi connectivity index (χ4n) is 3.31. The van der Waals surface area contributed by atoms with Gasteiger partial charge in [0.05, 0.1) is 6.42 Å². The maximum absolute atomic E-state index is 13.0. The van der Waals surface area contributed by atoms with Crippen LogP contribution in [0.15, 0.2) is 35.7 Å². The van der Waals surface area contributed by atoms with Crippen LogP contribution in [0.25, 0.3) is 0 Å². The van der Waals surface area contributed by atoms with Gasteiger partial charge in [0, 0.05) is 44.5 Å². The zero-order valence-corrected chi connectivity index (χ0v) is 16.5. The summed E-state index contributed by atoms with van der Waals surface area (Å²) in [6, 6.07) is 8.99. The summed E-state index contributed by atoms with van der Waals surface area (Å²) in [5, 5.41) is 4.71.